The van der Waals surface area contributed by atoms with Gasteiger partial charge in [-0.3, -0.25) is 4.79 Å². The fraction of sp³-hybridized carbons (Fsp3) is 0.562. The summed E-state index contributed by atoms with van der Waals surface area (Å²) >= 11 is 0. The van der Waals surface area contributed by atoms with Gasteiger partial charge in [-0.05, 0) is 76.5 Å². The third kappa shape index (κ3) is 7.75. The molecule has 0 aliphatic heterocycles. The summed E-state index contributed by atoms with van der Waals surface area (Å²) in [4.78, 5) is 34.3. The standard InChI is InChI=1S/C32H45N5O5Si/c1-20-6-13-26(42-17-22-7-8-22)25(16-20)28-30-29(34-18-33-28)27(21(2)37(30)19-41-14-15-43(3,4)5)31(38)35-23-9-11-24(12-10-23)36-32(39)40/h6,13,16,18,22-24,36H,7-12,14-15,17,19H2,1-5H3,(H,35,38)(H,39,40)/t23-,24+. The number of aryl methyl sites for hydroxylation is 1. The van der Waals surface area contributed by atoms with Gasteiger partial charge in [0, 0.05) is 38.0 Å². The van der Waals surface area contributed by atoms with Crippen molar-refractivity contribution in [3.8, 4) is 17.0 Å². The SMILES string of the molecule is Cc1ccc(OCC2CC2)c(-c2ncnc3c(C(=O)N[C@H]4CC[C@@H](NC(=O)O)CC4)c(C)n(COCC[Si](C)(C)C)c23)c1. The highest BCUT2D eigenvalue weighted by Gasteiger charge is 2.29. The summed E-state index contributed by atoms with van der Waals surface area (Å²) < 4.78 is 14.6. The average molecular weight is 608 g/mol. The lowest BCUT2D eigenvalue weighted by molar-refractivity contribution is 0.0877. The van der Waals surface area contributed by atoms with E-state index in [0.717, 1.165) is 39.8 Å². The maximum atomic E-state index is 13.9. The second-order valence-electron chi connectivity index (χ2n) is 13.4. The quantitative estimate of drug-likeness (QED) is 0.167. The van der Waals surface area contributed by atoms with Gasteiger partial charge in [0.2, 0.25) is 0 Å². The van der Waals surface area contributed by atoms with Crippen LogP contribution in [0.15, 0.2) is 24.5 Å². The van der Waals surface area contributed by atoms with Gasteiger partial charge in [-0.1, -0.05) is 31.3 Å². The van der Waals surface area contributed by atoms with Gasteiger partial charge in [-0.15, -0.1) is 0 Å². The lowest BCUT2D eigenvalue weighted by Gasteiger charge is -2.28. The minimum absolute atomic E-state index is 0.0364. The third-order valence-electron chi connectivity index (χ3n) is 8.49. The Morgan fingerprint density at radius 2 is 1.72 bits per heavy atom. The minimum Gasteiger partial charge on any atom is -0.493 e. The number of carbonyl (C=O) groups is 2. The highest BCUT2D eigenvalue weighted by atomic mass is 28.3. The molecule has 2 amide bonds. The van der Waals surface area contributed by atoms with E-state index in [-0.39, 0.29) is 24.7 Å². The van der Waals surface area contributed by atoms with Crippen molar-refractivity contribution < 1.29 is 24.2 Å². The first-order valence-electron chi connectivity index (χ1n) is 15.5. The number of hydrogen-bond donors (Lipinski definition) is 3. The van der Waals surface area contributed by atoms with Crippen LogP contribution in [0.25, 0.3) is 22.3 Å². The number of nitrogens with one attached hydrogen (secondary N) is 2. The van der Waals surface area contributed by atoms with E-state index in [1.165, 1.54) is 19.2 Å². The summed E-state index contributed by atoms with van der Waals surface area (Å²) in [6, 6.07) is 7.07. The molecule has 43 heavy (non-hydrogen) atoms. The van der Waals surface area contributed by atoms with Crippen LogP contribution >= 0.6 is 0 Å². The van der Waals surface area contributed by atoms with Crippen LogP contribution in [0.4, 0.5) is 4.79 Å². The molecule has 5 rings (SSSR count). The Kier molecular flexibility index (Phi) is 9.41. The van der Waals surface area contributed by atoms with Gasteiger partial charge in [-0.2, -0.15) is 0 Å². The average Bonchev–Trinajstić information content (AvgIpc) is 3.73. The van der Waals surface area contributed by atoms with Crippen LogP contribution in [0.5, 0.6) is 5.75 Å². The zero-order chi connectivity index (χ0) is 30.7. The molecule has 0 unspecified atom stereocenters. The van der Waals surface area contributed by atoms with E-state index in [0.29, 0.717) is 55.9 Å². The third-order valence-corrected chi connectivity index (χ3v) is 10.2. The minimum atomic E-state index is -1.28. The molecule has 10 nitrogen and oxygen atoms in total. The van der Waals surface area contributed by atoms with Crippen molar-refractivity contribution >= 4 is 31.1 Å². The van der Waals surface area contributed by atoms with Crippen LogP contribution in [-0.4, -0.2) is 65.0 Å². The molecule has 2 saturated carbocycles. The number of carboxylic acid groups (broad SMARTS) is 1. The van der Waals surface area contributed by atoms with Gasteiger partial charge < -0.3 is 29.8 Å². The monoisotopic (exact) mass is 607 g/mol. The molecule has 2 fully saturated rings. The first kappa shape index (κ1) is 31.0. The van der Waals surface area contributed by atoms with Crippen LogP contribution in [-0.2, 0) is 11.5 Å². The first-order valence-corrected chi connectivity index (χ1v) is 19.2. The zero-order valence-electron chi connectivity index (χ0n) is 26.0. The Morgan fingerprint density at radius 3 is 2.37 bits per heavy atom. The number of hydrogen-bond acceptors (Lipinski definition) is 6. The van der Waals surface area contributed by atoms with E-state index in [4.69, 9.17) is 19.6 Å². The largest absolute Gasteiger partial charge is 0.493 e. The van der Waals surface area contributed by atoms with Gasteiger partial charge in [0.25, 0.3) is 5.91 Å². The predicted octanol–water partition coefficient (Wildman–Crippen LogP) is 6.12. The molecule has 3 N–H and O–H groups in total. The van der Waals surface area contributed by atoms with Crippen molar-refractivity contribution in [3.05, 3.63) is 41.3 Å². The molecule has 3 aromatic rings. The van der Waals surface area contributed by atoms with Gasteiger partial charge >= 0.3 is 6.09 Å². The van der Waals surface area contributed by atoms with E-state index >= 15 is 0 Å². The molecule has 2 heterocycles. The van der Waals surface area contributed by atoms with Crippen LogP contribution in [0.2, 0.25) is 25.7 Å². The molecule has 2 aliphatic carbocycles. The fourth-order valence-corrected chi connectivity index (χ4v) is 6.47. The van der Waals surface area contributed by atoms with Crippen molar-refractivity contribution in [2.24, 2.45) is 5.92 Å². The number of ether oxygens (including phenoxy) is 2. The number of benzene rings is 1. The molecule has 1 aromatic carbocycles. The summed E-state index contributed by atoms with van der Waals surface area (Å²) in [6.07, 6.45) is 5.71. The van der Waals surface area contributed by atoms with Crippen molar-refractivity contribution in [1.82, 2.24) is 25.2 Å². The van der Waals surface area contributed by atoms with Crippen LogP contribution in [0.3, 0.4) is 0 Å². The van der Waals surface area contributed by atoms with Gasteiger partial charge in [-0.25, -0.2) is 14.8 Å². The maximum Gasteiger partial charge on any atom is 0.404 e. The topological polar surface area (TPSA) is 128 Å². The van der Waals surface area contributed by atoms with Crippen molar-refractivity contribution in [1.29, 1.82) is 0 Å². The second-order valence-corrected chi connectivity index (χ2v) is 19.0. The number of aromatic nitrogens is 3. The fourth-order valence-electron chi connectivity index (χ4n) is 5.72. The molecule has 11 heteroatoms. The Bertz CT molecular complexity index is 1470. The summed E-state index contributed by atoms with van der Waals surface area (Å²) in [5, 5.41) is 14.8. The number of fused-ring (bicyclic) bond motifs is 1. The lowest BCUT2D eigenvalue weighted by Crippen LogP contribution is -2.43. The molecule has 232 valence electrons. The Balaban J connectivity index is 1.49. The highest BCUT2D eigenvalue weighted by Crippen LogP contribution is 2.38. The molecular formula is C32H45N5O5Si. The molecule has 0 radical (unpaired) electrons. The maximum absolute atomic E-state index is 13.9. The van der Waals surface area contributed by atoms with Gasteiger partial charge in [0.05, 0.1) is 17.7 Å². The van der Waals surface area contributed by atoms with Crippen molar-refractivity contribution in [2.45, 2.75) is 96.9 Å². The Morgan fingerprint density at radius 1 is 1.02 bits per heavy atom. The second kappa shape index (κ2) is 13.0. The number of nitrogens with zero attached hydrogens (tertiary/aromatic N) is 3. The number of amides is 2. The first-order chi connectivity index (χ1) is 20.5. The Hall–Kier alpha value is -3.44. The van der Waals surface area contributed by atoms with E-state index in [1.54, 1.807) is 0 Å². The van der Waals surface area contributed by atoms with E-state index in [1.807, 2.05) is 23.6 Å². The number of rotatable bonds is 12. The van der Waals surface area contributed by atoms with E-state index in [2.05, 4.69) is 48.2 Å². The molecule has 0 bridgehead atoms. The van der Waals surface area contributed by atoms with Crippen LogP contribution in [0.1, 0.15) is 60.1 Å². The zero-order valence-corrected chi connectivity index (χ0v) is 27.0. The molecule has 0 spiro atoms. The van der Waals surface area contributed by atoms with Gasteiger partial charge in [0.1, 0.15) is 30.0 Å². The highest BCUT2D eigenvalue weighted by molar-refractivity contribution is 6.76. The van der Waals surface area contributed by atoms with Gasteiger partial charge in [0.15, 0.2) is 0 Å². The molecular weight excluding hydrogens is 562 g/mol. The summed E-state index contributed by atoms with van der Waals surface area (Å²) in [7, 11) is -1.28. The number of carbonyl (C=O) groups excluding carboxylic acids is 1. The smallest absolute Gasteiger partial charge is 0.404 e. The molecule has 0 atom stereocenters. The lowest BCUT2D eigenvalue weighted by atomic mass is 9.91. The Labute approximate surface area is 254 Å². The summed E-state index contributed by atoms with van der Waals surface area (Å²) in [5.41, 5.74) is 5.33. The molecule has 2 aliphatic rings. The predicted molar refractivity (Wildman–Crippen MR) is 169 cm³/mol. The van der Waals surface area contributed by atoms with Crippen LogP contribution < -0.4 is 15.4 Å². The van der Waals surface area contributed by atoms with E-state index in [9.17, 15) is 9.59 Å². The van der Waals surface area contributed by atoms with Crippen LogP contribution in [0, 0.1) is 19.8 Å². The summed E-state index contributed by atoms with van der Waals surface area (Å²) in [6.45, 7) is 12.6. The molecule has 2 aromatic heterocycles. The van der Waals surface area contributed by atoms with Crippen molar-refractivity contribution in [2.75, 3.05) is 13.2 Å². The molecule has 0 saturated heterocycles. The van der Waals surface area contributed by atoms with E-state index < -0.39 is 14.2 Å². The normalized spacial score (nSPS) is 18.9. The van der Waals surface area contributed by atoms with Crippen molar-refractivity contribution in [3.63, 3.8) is 0 Å². The summed E-state index contributed by atoms with van der Waals surface area (Å²) in [5.74, 6) is 1.20.